The second-order valence-corrected chi connectivity index (χ2v) is 2.98. The number of rotatable bonds is 1. The van der Waals surface area contributed by atoms with Crippen molar-refractivity contribution in [2.75, 3.05) is 0 Å². The van der Waals surface area contributed by atoms with E-state index in [4.69, 9.17) is 0 Å². The molecule has 14 heavy (non-hydrogen) atoms. The fourth-order valence-corrected chi connectivity index (χ4v) is 1.21. The van der Waals surface area contributed by atoms with Crippen LogP contribution in [0.4, 0.5) is 0 Å². The molecule has 0 aliphatic rings. The number of aromatic nitrogens is 3. The zero-order chi connectivity index (χ0) is 9.97. The van der Waals surface area contributed by atoms with Crippen molar-refractivity contribution in [1.29, 1.82) is 0 Å². The molecular formula is C10H9N3O. The van der Waals surface area contributed by atoms with Crippen molar-refractivity contribution in [3.8, 4) is 17.1 Å². The van der Waals surface area contributed by atoms with E-state index in [0.717, 1.165) is 5.56 Å². The fourth-order valence-electron chi connectivity index (χ4n) is 1.21. The summed E-state index contributed by atoms with van der Waals surface area (Å²) in [5.41, 5.74) is 1.62. The standard InChI is InChI=1S/C10H9N3O/c1-7-2-3-8(9(14)4-7)10-12-5-11-6-13-10/h2-6,14H,1H3. The summed E-state index contributed by atoms with van der Waals surface area (Å²) in [7, 11) is 0. The first-order valence-electron chi connectivity index (χ1n) is 4.19. The van der Waals surface area contributed by atoms with Crippen molar-refractivity contribution < 1.29 is 5.11 Å². The average molecular weight is 187 g/mol. The Bertz CT molecular complexity index is 442. The summed E-state index contributed by atoms with van der Waals surface area (Å²) in [6, 6.07) is 5.37. The third-order valence-corrected chi connectivity index (χ3v) is 1.89. The van der Waals surface area contributed by atoms with Crippen molar-refractivity contribution in [3.05, 3.63) is 36.4 Å². The Kier molecular flexibility index (Phi) is 2.10. The molecule has 0 spiro atoms. The molecule has 0 unspecified atom stereocenters. The summed E-state index contributed by atoms with van der Waals surface area (Å²) in [5.74, 6) is 0.675. The van der Waals surface area contributed by atoms with Crippen LogP contribution in [0.5, 0.6) is 5.75 Å². The molecule has 0 radical (unpaired) electrons. The third-order valence-electron chi connectivity index (χ3n) is 1.89. The molecule has 1 aromatic carbocycles. The van der Waals surface area contributed by atoms with E-state index in [1.165, 1.54) is 12.7 Å². The van der Waals surface area contributed by atoms with Crippen molar-refractivity contribution in [2.24, 2.45) is 0 Å². The predicted molar refractivity (Wildman–Crippen MR) is 51.7 cm³/mol. The smallest absolute Gasteiger partial charge is 0.166 e. The van der Waals surface area contributed by atoms with E-state index >= 15 is 0 Å². The summed E-state index contributed by atoms with van der Waals surface area (Å²) >= 11 is 0. The lowest BCUT2D eigenvalue weighted by Gasteiger charge is -2.02. The van der Waals surface area contributed by atoms with Crippen LogP contribution < -0.4 is 0 Å². The molecule has 4 nitrogen and oxygen atoms in total. The summed E-state index contributed by atoms with van der Waals surface area (Å²) in [6.07, 6.45) is 2.81. The molecule has 0 amide bonds. The van der Waals surface area contributed by atoms with Crippen LogP contribution >= 0.6 is 0 Å². The molecule has 1 aromatic heterocycles. The molecule has 0 atom stereocenters. The lowest BCUT2D eigenvalue weighted by atomic mass is 10.1. The summed E-state index contributed by atoms with van der Waals surface area (Å²) < 4.78 is 0. The SMILES string of the molecule is Cc1ccc(-c2ncncn2)c(O)c1. The Hall–Kier alpha value is -1.97. The zero-order valence-electron chi connectivity index (χ0n) is 7.68. The Morgan fingerprint density at radius 2 is 1.86 bits per heavy atom. The normalized spacial score (nSPS) is 10.1. The van der Waals surface area contributed by atoms with Gasteiger partial charge in [-0.25, -0.2) is 15.0 Å². The van der Waals surface area contributed by atoms with E-state index in [2.05, 4.69) is 15.0 Å². The van der Waals surface area contributed by atoms with Crippen molar-refractivity contribution in [3.63, 3.8) is 0 Å². The van der Waals surface area contributed by atoms with Gasteiger partial charge in [0.15, 0.2) is 5.82 Å². The number of aryl methyl sites for hydroxylation is 1. The molecule has 4 heteroatoms. The number of hydrogen-bond acceptors (Lipinski definition) is 4. The van der Waals surface area contributed by atoms with Gasteiger partial charge in [-0.2, -0.15) is 0 Å². The van der Waals surface area contributed by atoms with E-state index in [1.54, 1.807) is 12.1 Å². The highest BCUT2D eigenvalue weighted by atomic mass is 16.3. The molecule has 0 aliphatic carbocycles. The van der Waals surface area contributed by atoms with Gasteiger partial charge in [0.1, 0.15) is 18.4 Å². The fraction of sp³-hybridized carbons (Fsp3) is 0.100. The minimum absolute atomic E-state index is 0.191. The number of aromatic hydroxyl groups is 1. The zero-order valence-corrected chi connectivity index (χ0v) is 7.68. The minimum atomic E-state index is 0.191. The van der Waals surface area contributed by atoms with Gasteiger partial charge in [-0.05, 0) is 24.6 Å². The molecule has 1 N–H and O–H groups in total. The number of phenols is 1. The maximum absolute atomic E-state index is 9.64. The lowest BCUT2D eigenvalue weighted by molar-refractivity contribution is 0.476. The van der Waals surface area contributed by atoms with Gasteiger partial charge < -0.3 is 5.11 Å². The Morgan fingerprint density at radius 1 is 1.14 bits per heavy atom. The molecule has 0 aliphatic heterocycles. The Labute approximate surface area is 81.3 Å². The summed E-state index contributed by atoms with van der Waals surface area (Å²) in [6.45, 7) is 1.91. The maximum atomic E-state index is 9.64. The maximum Gasteiger partial charge on any atom is 0.166 e. The summed E-state index contributed by atoms with van der Waals surface area (Å²) in [5, 5.41) is 9.64. The summed E-state index contributed by atoms with van der Waals surface area (Å²) in [4.78, 5) is 11.6. The average Bonchev–Trinajstić information content (AvgIpc) is 2.19. The molecule has 0 saturated heterocycles. The number of benzene rings is 1. The van der Waals surface area contributed by atoms with Crippen LogP contribution in [-0.2, 0) is 0 Å². The van der Waals surface area contributed by atoms with Crippen LogP contribution in [0.2, 0.25) is 0 Å². The van der Waals surface area contributed by atoms with Gasteiger partial charge in [-0.3, -0.25) is 0 Å². The van der Waals surface area contributed by atoms with Crippen LogP contribution in [0.3, 0.4) is 0 Å². The van der Waals surface area contributed by atoms with E-state index in [1.807, 2.05) is 13.0 Å². The number of nitrogens with zero attached hydrogens (tertiary/aromatic N) is 3. The van der Waals surface area contributed by atoms with E-state index in [-0.39, 0.29) is 5.75 Å². The van der Waals surface area contributed by atoms with Crippen LogP contribution in [0.15, 0.2) is 30.9 Å². The molecule has 70 valence electrons. The minimum Gasteiger partial charge on any atom is -0.507 e. The second-order valence-electron chi connectivity index (χ2n) is 2.98. The molecule has 1 heterocycles. The topological polar surface area (TPSA) is 58.9 Å². The number of hydrogen-bond donors (Lipinski definition) is 1. The van der Waals surface area contributed by atoms with E-state index < -0.39 is 0 Å². The van der Waals surface area contributed by atoms with E-state index in [9.17, 15) is 5.11 Å². The molecule has 2 rings (SSSR count). The molecule has 2 aromatic rings. The van der Waals surface area contributed by atoms with Gasteiger partial charge >= 0.3 is 0 Å². The van der Waals surface area contributed by atoms with Crippen LogP contribution in [0.1, 0.15) is 5.56 Å². The van der Waals surface area contributed by atoms with Gasteiger partial charge in [0.25, 0.3) is 0 Å². The van der Waals surface area contributed by atoms with Gasteiger partial charge in [0.2, 0.25) is 0 Å². The highest BCUT2D eigenvalue weighted by molar-refractivity contribution is 5.63. The van der Waals surface area contributed by atoms with E-state index in [0.29, 0.717) is 11.4 Å². The van der Waals surface area contributed by atoms with Gasteiger partial charge in [0, 0.05) is 0 Å². The monoisotopic (exact) mass is 187 g/mol. The second kappa shape index (κ2) is 3.41. The first kappa shape index (κ1) is 8.62. The molecular weight excluding hydrogens is 178 g/mol. The highest BCUT2D eigenvalue weighted by Gasteiger charge is 2.05. The van der Waals surface area contributed by atoms with Gasteiger partial charge in [-0.1, -0.05) is 6.07 Å². The highest BCUT2D eigenvalue weighted by Crippen LogP contribution is 2.26. The number of phenolic OH excluding ortho intramolecular Hbond substituents is 1. The molecule has 0 saturated carbocycles. The predicted octanol–water partition coefficient (Wildman–Crippen LogP) is 1.55. The van der Waals surface area contributed by atoms with Crippen LogP contribution in [-0.4, -0.2) is 20.1 Å². The van der Waals surface area contributed by atoms with Crippen LogP contribution in [0, 0.1) is 6.92 Å². The van der Waals surface area contributed by atoms with Crippen molar-refractivity contribution in [1.82, 2.24) is 15.0 Å². The first-order valence-corrected chi connectivity index (χ1v) is 4.19. The molecule has 0 fully saturated rings. The lowest BCUT2D eigenvalue weighted by Crippen LogP contribution is -1.89. The Balaban J connectivity index is 2.53. The van der Waals surface area contributed by atoms with Gasteiger partial charge in [-0.15, -0.1) is 0 Å². The largest absolute Gasteiger partial charge is 0.507 e. The van der Waals surface area contributed by atoms with Crippen molar-refractivity contribution >= 4 is 0 Å². The quantitative estimate of drug-likeness (QED) is 0.735. The first-order chi connectivity index (χ1) is 6.77. The van der Waals surface area contributed by atoms with Gasteiger partial charge in [0.05, 0.1) is 5.56 Å². The van der Waals surface area contributed by atoms with Crippen molar-refractivity contribution in [2.45, 2.75) is 6.92 Å². The van der Waals surface area contributed by atoms with Crippen LogP contribution in [0.25, 0.3) is 11.4 Å². The Morgan fingerprint density at radius 3 is 2.50 bits per heavy atom. The third kappa shape index (κ3) is 1.54. The molecule has 0 bridgehead atoms.